The number of rotatable bonds is 3. The SMILES string of the molecule is CC1(CO)CCCC1NC(=O)c1ccc(C(F)(F)F)cc1. The van der Waals surface area contributed by atoms with E-state index in [4.69, 9.17) is 0 Å². The molecule has 0 aliphatic heterocycles. The minimum atomic E-state index is -4.41. The molecule has 0 aromatic heterocycles. The third kappa shape index (κ3) is 3.37. The zero-order valence-electron chi connectivity index (χ0n) is 11.7. The van der Waals surface area contributed by atoms with Gasteiger partial charge < -0.3 is 10.4 Å². The molecule has 1 aromatic rings. The van der Waals surface area contributed by atoms with Crippen LogP contribution in [0, 0.1) is 5.41 Å². The number of carbonyl (C=O) groups is 1. The molecule has 0 heterocycles. The number of aliphatic hydroxyl groups is 1. The Morgan fingerprint density at radius 1 is 1.38 bits per heavy atom. The second-order valence-corrected chi connectivity index (χ2v) is 5.81. The standard InChI is InChI=1S/C15H18F3NO2/c1-14(9-20)8-2-3-12(14)19-13(21)10-4-6-11(7-5-10)15(16,17)18/h4-7,12,20H,2-3,8-9H2,1H3,(H,19,21). The van der Waals surface area contributed by atoms with Crippen LogP contribution >= 0.6 is 0 Å². The van der Waals surface area contributed by atoms with Gasteiger partial charge in [-0.1, -0.05) is 13.3 Å². The fraction of sp³-hybridized carbons (Fsp3) is 0.533. The van der Waals surface area contributed by atoms with Crippen LogP contribution in [0.1, 0.15) is 42.1 Å². The summed E-state index contributed by atoms with van der Waals surface area (Å²) in [6.07, 6.45) is -1.91. The van der Waals surface area contributed by atoms with Gasteiger partial charge in [0.25, 0.3) is 5.91 Å². The number of aliphatic hydroxyl groups excluding tert-OH is 1. The van der Waals surface area contributed by atoms with Crippen molar-refractivity contribution in [2.24, 2.45) is 5.41 Å². The molecule has 2 unspecified atom stereocenters. The predicted octanol–water partition coefficient (Wildman–Crippen LogP) is 2.99. The van der Waals surface area contributed by atoms with Crippen LogP contribution in [0.2, 0.25) is 0 Å². The summed E-state index contributed by atoms with van der Waals surface area (Å²) < 4.78 is 37.4. The topological polar surface area (TPSA) is 49.3 Å². The first kappa shape index (κ1) is 15.8. The van der Waals surface area contributed by atoms with Crippen molar-refractivity contribution in [3.63, 3.8) is 0 Å². The van der Waals surface area contributed by atoms with Gasteiger partial charge in [-0.15, -0.1) is 0 Å². The molecule has 1 fully saturated rings. The fourth-order valence-electron chi connectivity index (χ4n) is 2.72. The van der Waals surface area contributed by atoms with Crippen molar-refractivity contribution in [2.75, 3.05) is 6.61 Å². The lowest BCUT2D eigenvalue weighted by Gasteiger charge is -2.30. The number of hydrogen-bond donors (Lipinski definition) is 2. The van der Waals surface area contributed by atoms with Gasteiger partial charge in [0.05, 0.1) is 12.2 Å². The van der Waals surface area contributed by atoms with E-state index < -0.39 is 17.6 Å². The zero-order valence-corrected chi connectivity index (χ0v) is 11.7. The van der Waals surface area contributed by atoms with Crippen molar-refractivity contribution in [1.29, 1.82) is 0 Å². The van der Waals surface area contributed by atoms with E-state index in [0.717, 1.165) is 31.4 Å². The molecule has 0 saturated heterocycles. The average Bonchev–Trinajstić information content (AvgIpc) is 2.80. The van der Waals surface area contributed by atoms with Gasteiger partial charge in [-0.25, -0.2) is 0 Å². The first-order chi connectivity index (χ1) is 9.76. The van der Waals surface area contributed by atoms with Gasteiger partial charge in [0.15, 0.2) is 0 Å². The van der Waals surface area contributed by atoms with Crippen molar-refractivity contribution in [3.8, 4) is 0 Å². The molecule has 2 atom stereocenters. The summed E-state index contributed by atoms with van der Waals surface area (Å²) in [7, 11) is 0. The fourth-order valence-corrected chi connectivity index (χ4v) is 2.72. The quantitative estimate of drug-likeness (QED) is 0.901. The largest absolute Gasteiger partial charge is 0.416 e. The lowest BCUT2D eigenvalue weighted by atomic mass is 9.85. The molecular weight excluding hydrogens is 283 g/mol. The zero-order chi connectivity index (χ0) is 15.7. The Kier molecular flexibility index (Phi) is 4.27. The summed E-state index contributed by atoms with van der Waals surface area (Å²) >= 11 is 0. The third-order valence-electron chi connectivity index (χ3n) is 4.22. The number of nitrogens with one attached hydrogen (secondary N) is 1. The Balaban J connectivity index is 2.07. The van der Waals surface area contributed by atoms with Crippen molar-refractivity contribution in [1.82, 2.24) is 5.32 Å². The highest BCUT2D eigenvalue weighted by Gasteiger charge is 2.39. The molecule has 1 saturated carbocycles. The maximum absolute atomic E-state index is 12.5. The van der Waals surface area contributed by atoms with Crippen molar-refractivity contribution >= 4 is 5.91 Å². The molecule has 2 rings (SSSR count). The summed E-state index contributed by atoms with van der Waals surface area (Å²) in [6, 6.07) is 3.98. The van der Waals surface area contributed by atoms with Gasteiger partial charge >= 0.3 is 6.18 Å². The number of carbonyl (C=O) groups excluding carboxylic acids is 1. The maximum atomic E-state index is 12.5. The molecular formula is C15H18F3NO2. The van der Waals surface area contributed by atoms with Crippen molar-refractivity contribution in [3.05, 3.63) is 35.4 Å². The number of hydrogen-bond acceptors (Lipinski definition) is 2. The van der Waals surface area contributed by atoms with E-state index in [1.165, 1.54) is 12.1 Å². The second kappa shape index (κ2) is 5.67. The number of amides is 1. The maximum Gasteiger partial charge on any atom is 0.416 e. The number of alkyl halides is 3. The molecule has 0 spiro atoms. The third-order valence-corrected chi connectivity index (χ3v) is 4.22. The number of halogens is 3. The van der Waals surface area contributed by atoms with Crippen LogP contribution < -0.4 is 5.32 Å². The minimum absolute atomic E-state index is 0.0229. The first-order valence-corrected chi connectivity index (χ1v) is 6.85. The van der Waals surface area contributed by atoms with E-state index in [1.807, 2.05) is 6.92 Å². The van der Waals surface area contributed by atoms with Crippen LogP contribution in [0.3, 0.4) is 0 Å². The predicted molar refractivity (Wildman–Crippen MR) is 71.7 cm³/mol. The van der Waals surface area contributed by atoms with E-state index in [1.54, 1.807) is 0 Å². The Morgan fingerprint density at radius 2 is 2.00 bits per heavy atom. The highest BCUT2D eigenvalue weighted by atomic mass is 19.4. The van der Waals surface area contributed by atoms with E-state index >= 15 is 0 Å². The van der Waals surface area contributed by atoms with E-state index in [0.29, 0.717) is 0 Å². The Morgan fingerprint density at radius 3 is 2.52 bits per heavy atom. The summed E-state index contributed by atoms with van der Waals surface area (Å²) in [5, 5.41) is 12.2. The molecule has 21 heavy (non-hydrogen) atoms. The van der Waals surface area contributed by atoms with Crippen LogP contribution in [-0.2, 0) is 6.18 Å². The second-order valence-electron chi connectivity index (χ2n) is 5.81. The Bertz CT molecular complexity index is 513. The van der Waals surface area contributed by atoms with Crippen molar-refractivity contribution in [2.45, 2.75) is 38.4 Å². The van der Waals surface area contributed by atoms with Gasteiger partial charge in [0.2, 0.25) is 0 Å². The van der Waals surface area contributed by atoms with Crippen LogP contribution in [0.4, 0.5) is 13.2 Å². The van der Waals surface area contributed by atoms with Gasteiger partial charge in [-0.3, -0.25) is 4.79 Å². The molecule has 0 radical (unpaired) electrons. The molecule has 2 N–H and O–H groups in total. The molecule has 0 bridgehead atoms. The molecule has 1 aliphatic rings. The summed E-state index contributed by atoms with van der Waals surface area (Å²) in [5.74, 6) is -0.407. The van der Waals surface area contributed by atoms with E-state index in [2.05, 4.69) is 5.32 Å². The monoisotopic (exact) mass is 301 g/mol. The van der Waals surface area contributed by atoms with Crippen LogP contribution in [0.15, 0.2) is 24.3 Å². The highest BCUT2D eigenvalue weighted by Crippen LogP contribution is 2.37. The molecule has 116 valence electrons. The first-order valence-electron chi connectivity index (χ1n) is 6.85. The summed E-state index contributed by atoms with van der Waals surface area (Å²) in [5.41, 5.74) is -0.947. The molecule has 1 aromatic carbocycles. The van der Waals surface area contributed by atoms with Gasteiger partial charge in [0, 0.05) is 17.0 Å². The van der Waals surface area contributed by atoms with E-state index in [9.17, 15) is 23.1 Å². The van der Waals surface area contributed by atoms with Crippen LogP contribution in [0.25, 0.3) is 0 Å². The van der Waals surface area contributed by atoms with Crippen LogP contribution in [0.5, 0.6) is 0 Å². The van der Waals surface area contributed by atoms with Gasteiger partial charge in [-0.05, 0) is 37.1 Å². The summed E-state index contributed by atoms with van der Waals surface area (Å²) in [6.45, 7) is 1.88. The van der Waals surface area contributed by atoms with E-state index in [-0.39, 0.29) is 23.6 Å². The van der Waals surface area contributed by atoms with Crippen LogP contribution in [-0.4, -0.2) is 23.7 Å². The van der Waals surface area contributed by atoms with Gasteiger partial charge in [0.1, 0.15) is 0 Å². The summed E-state index contributed by atoms with van der Waals surface area (Å²) in [4.78, 5) is 12.1. The minimum Gasteiger partial charge on any atom is -0.396 e. The molecule has 1 amide bonds. The number of benzene rings is 1. The Labute approximate surface area is 121 Å². The van der Waals surface area contributed by atoms with Gasteiger partial charge in [-0.2, -0.15) is 13.2 Å². The highest BCUT2D eigenvalue weighted by molar-refractivity contribution is 5.94. The average molecular weight is 301 g/mol. The van der Waals surface area contributed by atoms with Crippen molar-refractivity contribution < 1.29 is 23.1 Å². The lowest BCUT2D eigenvalue weighted by Crippen LogP contribution is -2.44. The molecule has 6 heteroatoms. The molecule has 3 nitrogen and oxygen atoms in total. The molecule has 1 aliphatic carbocycles. The lowest BCUT2D eigenvalue weighted by molar-refractivity contribution is -0.137. The Hall–Kier alpha value is -1.56. The normalized spacial score (nSPS) is 25.9. The smallest absolute Gasteiger partial charge is 0.396 e.